The number of nitrogens with one attached hydrogen (secondary N) is 1. The molecule has 0 spiro atoms. The highest BCUT2D eigenvalue weighted by molar-refractivity contribution is 7.13. The maximum absolute atomic E-state index is 12.9. The van der Waals surface area contributed by atoms with E-state index in [2.05, 4.69) is 10.3 Å². The fraction of sp³-hybridized carbons (Fsp3) is 0.375. The fourth-order valence-corrected chi connectivity index (χ4v) is 2.94. The van der Waals surface area contributed by atoms with Gasteiger partial charge in [0.2, 0.25) is 0 Å². The zero-order chi connectivity index (χ0) is 16.1. The number of hydrogen-bond acceptors (Lipinski definition) is 4. The number of aryl methyl sites for hydroxylation is 1. The van der Waals surface area contributed by atoms with Gasteiger partial charge in [-0.15, -0.1) is 11.3 Å². The van der Waals surface area contributed by atoms with E-state index in [0.29, 0.717) is 23.5 Å². The van der Waals surface area contributed by atoms with Crippen molar-refractivity contribution in [3.05, 3.63) is 51.2 Å². The molecule has 2 aromatic rings. The van der Waals surface area contributed by atoms with Crippen molar-refractivity contribution >= 4 is 17.2 Å². The summed E-state index contributed by atoms with van der Waals surface area (Å²) in [5, 5.41) is 12.6. The average molecular weight is 322 g/mol. The monoisotopic (exact) mass is 322 g/mol. The average Bonchev–Trinajstić information content (AvgIpc) is 2.87. The standard InChI is InChI=1S/C16H19FN2O2S/c1-10(9-20)8-18-16(21)15-11(2)19-14(22-15)7-12-3-5-13(17)6-4-12/h3-6,10,20H,7-9H2,1-2H3,(H,18,21). The molecule has 4 nitrogen and oxygen atoms in total. The van der Waals surface area contributed by atoms with Crippen molar-refractivity contribution in [2.75, 3.05) is 13.2 Å². The summed E-state index contributed by atoms with van der Waals surface area (Å²) in [7, 11) is 0. The van der Waals surface area contributed by atoms with Gasteiger partial charge in [-0.2, -0.15) is 0 Å². The third kappa shape index (κ3) is 4.35. The summed E-state index contributed by atoms with van der Waals surface area (Å²) in [4.78, 5) is 17.1. The van der Waals surface area contributed by atoms with Gasteiger partial charge in [-0.05, 0) is 30.5 Å². The van der Waals surface area contributed by atoms with Crippen molar-refractivity contribution < 1.29 is 14.3 Å². The van der Waals surface area contributed by atoms with E-state index in [1.807, 2.05) is 6.92 Å². The molecule has 0 aliphatic heterocycles. The van der Waals surface area contributed by atoms with Gasteiger partial charge in [0.1, 0.15) is 10.7 Å². The lowest BCUT2D eigenvalue weighted by molar-refractivity contribution is 0.0945. The summed E-state index contributed by atoms with van der Waals surface area (Å²) in [5.41, 5.74) is 1.65. The molecule has 0 aliphatic rings. The first-order valence-corrected chi connectivity index (χ1v) is 7.91. The lowest BCUT2D eigenvalue weighted by atomic mass is 10.1. The van der Waals surface area contributed by atoms with E-state index in [0.717, 1.165) is 10.6 Å². The van der Waals surface area contributed by atoms with Crippen molar-refractivity contribution in [1.29, 1.82) is 0 Å². The summed E-state index contributed by atoms with van der Waals surface area (Å²) in [5.74, 6) is -0.409. The van der Waals surface area contributed by atoms with Crippen molar-refractivity contribution in [3.8, 4) is 0 Å². The van der Waals surface area contributed by atoms with E-state index in [9.17, 15) is 9.18 Å². The normalized spacial score (nSPS) is 12.2. The van der Waals surface area contributed by atoms with Crippen LogP contribution in [-0.2, 0) is 6.42 Å². The Morgan fingerprint density at radius 1 is 1.41 bits per heavy atom. The Bertz CT molecular complexity index is 640. The number of halogens is 1. The van der Waals surface area contributed by atoms with Gasteiger partial charge < -0.3 is 10.4 Å². The van der Waals surface area contributed by atoms with Crippen LogP contribution in [0.1, 0.15) is 32.9 Å². The van der Waals surface area contributed by atoms with E-state index >= 15 is 0 Å². The number of thiazole rings is 1. The zero-order valence-electron chi connectivity index (χ0n) is 12.6. The van der Waals surface area contributed by atoms with Crippen LogP contribution in [-0.4, -0.2) is 29.1 Å². The summed E-state index contributed by atoms with van der Waals surface area (Å²) in [6.45, 7) is 4.13. The topological polar surface area (TPSA) is 62.2 Å². The van der Waals surface area contributed by atoms with Crippen LogP contribution in [0, 0.1) is 18.7 Å². The zero-order valence-corrected chi connectivity index (χ0v) is 13.4. The first-order valence-electron chi connectivity index (χ1n) is 7.09. The van der Waals surface area contributed by atoms with Gasteiger partial charge in [0.25, 0.3) is 5.91 Å². The van der Waals surface area contributed by atoms with E-state index in [1.54, 1.807) is 19.1 Å². The molecule has 22 heavy (non-hydrogen) atoms. The van der Waals surface area contributed by atoms with Crippen LogP contribution in [0.5, 0.6) is 0 Å². The SMILES string of the molecule is Cc1nc(Cc2ccc(F)cc2)sc1C(=O)NCC(C)CO. The number of carbonyl (C=O) groups is 1. The van der Waals surface area contributed by atoms with E-state index < -0.39 is 0 Å². The quantitative estimate of drug-likeness (QED) is 0.859. The van der Waals surface area contributed by atoms with Crippen molar-refractivity contribution in [3.63, 3.8) is 0 Å². The van der Waals surface area contributed by atoms with Gasteiger partial charge >= 0.3 is 0 Å². The number of aliphatic hydroxyl groups excluding tert-OH is 1. The number of benzene rings is 1. The fourth-order valence-electron chi connectivity index (χ4n) is 1.93. The molecule has 6 heteroatoms. The Labute approximate surface area is 133 Å². The Hall–Kier alpha value is -1.79. The Balaban J connectivity index is 2.04. The molecule has 1 aromatic carbocycles. The van der Waals surface area contributed by atoms with Crippen LogP contribution in [0.3, 0.4) is 0 Å². The molecule has 2 N–H and O–H groups in total. The van der Waals surface area contributed by atoms with Gasteiger partial charge in [0.05, 0.1) is 10.7 Å². The van der Waals surface area contributed by atoms with E-state index in [4.69, 9.17) is 5.11 Å². The third-order valence-electron chi connectivity index (χ3n) is 3.24. The van der Waals surface area contributed by atoms with Gasteiger partial charge in [-0.25, -0.2) is 9.37 Å². The van der Waals surface area contributed by atoms with Crippen LogP contribution in [0.2, 0.25) is 0 Å². The molecule has 1 unspecified atom stereocenters. The molecule has 0 aliphatic carbocycles. The molecule has 0 bridgehead atoms. The van der Waals surface area contributed by atoms with Gasteiger partial charge in [0, 0.05) is 19.6 Å². The number of amides is 1. The molecule has 1 atom stereocenters. The van der Waals surface area contributed by atoms with Crippen LogP contribution >= 0.6 is 11.3 Å². The molecular weight excluding hydrogens is 303 g/mol. The van der Waals surface area contributed by atoms with E-state index in [1.165, 1.54) is 23.5 Å². The number of rotatable bonds is 6. The van der Waals surface area contributed by atoms with Crippen molar-refractivity contribution in [2.24, 2.45) is 5.92 Å². The number of hydrogen-bond donors (Lipinski definition) is 2. The lowest BCUT2D eigenvalue weighted by Crippen LogP contribution is -2.29. The largest absolute Gasteiger partial charge is 0.396 e. The first kappa shape index (κ1) is 16.6. The minimum Gasteiger partial charge on any atom is -0.396 e. The highest BCUT2D eigenvalue weighted by Gasteiger charge is 2.16. The molecule has 0 radical (unpaired) electrons. The predicted octanol–water partition coefficient (Wildman–Crippen LogP) is 2.54. The lowest BCUT2D eigenvalue weighted by Gasteiger charge is -2.08. The Morgan fingerprint density at radius 3 is 2.73 bits per heavy atom. The summed E-state index contributed by atoms with van der Waals surface area (Å²) >= 11 is 1.35. The van der Waals surface area contributed by atoms with Crippen LogP contribution in [0.4, 0.5) is 4.39 Å². The molecule has 2 rings (SSSR count). The third-order valence-corrected chi connectivity index (χ3v) is 4.39. The minimum atomic E-state index is -0.267. The van der Waals surface area contributed by atoms with Gasteiger partial charge in [-0.3, -0.25) is 4.79 Å². The van der Waals surface area contributed by atoms with Gasteiger partial charge in [-0.1, -0.05) is 19.1 Å². The summed E-state index contributed by atoms with van der Waals surface area (Å²) in [6.07, 6.45) is 0.576. The molecule has 1 amide bonds. The van der Waals surface area contributed by atoms with Crippen LogP contribution in [0.15, 0.2) is 24.3 Å². The number of nitrogens with zero attached hydrogens (tertiary/aromatic N) is 1. The maximum Gasteiger partial charge on any atom is 0.263 e. The Morgan fingerprint density at radius 2 is 2.09 bits per heavy atom. The minimum absolute atomic E-state index is 0.0239. The maximum atomic E-state index is 12.9. The molecule has 0 fully saturated rings. The van der Waals surface area contributed by atoms with Crippen molar-refractivity contribution in [2.45, 2.75) is 20.3 Å². The molecule has 118 valence electrons. The summed E-state index contributed by atoms with van der Waals surface area (Å²) < 4.78 is 12.9. The smallest absolute Gasteiger partial charge is 0.263 e. The molecule has 1 heterocycles. The number of aliphatic hydroxyl groups is 1. The van der Waals surface area contributed by atoms with Crippen LogP contribution in [0.25, 0.3) is 0 Å². The number of aromatic nitrogens is 1. The molecule has 0 saturated heterocycles. The predicted molar refractivity (Wildman–Crippen MR) is 84.6 cm³/mol. The molecule has 0 saturated carbocycles. The second kappa shape index (κ2) is 7.47. The second-order valence-corrected chi connectivity index (χ2v) is 6.41. The van der Waals surface area contributed by atoms with Gasteiger partial charge in [0.15, 0.2) is 0 Å². The summed E-state index contributed by atoms with van der Waals surface area (Å²) in [6, 6.07) is 6.27. The second-order valence-electron chi connectivity index (χ2n) is 5.32. The van der Waals surface area contributed by atoms with E-state index in [-0.39, 0.29) is 24.2 Å². The highest BCUT2D eigenvalue weighted by atomic mass is 32.1. The van der Waals surface area contributed by atoms with Crippen LogP contribution < -0.4 is 5.32 Å². The molecular formula is C16H19FN2O2S. The highest BCUT2D eigenvalue weighted by Crippen LogP contribution is 2.21. The first-order chi connectivity index (χ1) is 10.5. The Kier molecular flexibility index (Phi) is 5.63. The molecule has 1 aromatic heterocycles. The number of carbonyl (C=O) groups excluding carboxylic acids is 1. The van der Waals surface area contributed by atoms with Crippen molar-refractivity contribution in [1.82, 2.24) is 10.3 Å².